The molecular weight excluding hydrogens is 1430 g/mol. The standard InChI is InChI=1S/C12H18N2O3.C9H16O2.C8H16O2.C7H13ClO.C6H12O4.C6H10O3.C6H12O.C5H6N2O2.C5H10O4.C3H5Br.CH3O.CH4.ClH.Na/c1-4-9-7(2)5-10(17-9)14-6-8(3)11(15)13-12(14)16;1-4-5-6-8-7-10-9(2,3)11-8;1-4-7-6(2)5-8(9-3)10-7;1-3-6-5(2)4-7(8)9-6;1-9-6-2-4(8)5(3-7)10-6;1-6(2)8-4-5(3-7)9-6;1-2-3-4-5-6-7;1-3-2-6-5(9)7-4(3)8;6-2-4-3(7)1-5(8)9-4;1-2-3-4;1-2;;;/h6-7,9-10H,4-5H2,1-3H3,(H,13,15,16);4,8H,1,5-7H2,2-3H3;6-8H,4-5H2,1-3H3;5-7H,3-4H2,1-2H3;4-8H,2-3H2,1H3;3,5H,4H2,1-2H3;2,7H,1,3-6H2;2H,1H3,(H2,6,7,8,9);3-8H,1-2H2;2H,1,3H2;1H3;1H4;1H;/q;;;;;;;;;;-1;;;+1/t7-,9+,10?;8-;6-,7+,8?;5-,6+,7-;4-,5+,6?;5-;;;3-,4+,5?;;;;;/m111111..1...../s1. The van der Waals surface area contributed by atoms with Crippen LogP contribution in [0.5, 0.6) is 0 Å². The van der Waals surface area contributed by atoms with Gasteiger partial charge in [0.15, 0.2) is 36.7 Å². The van der Waals surface area contributed by atoms with Gasteiger partial charge in [0.05, 0.1) is 63.1 Å². The Labute approximate surface area is 635 Å². The molecule has 7 aliphatic rings. The fourth-order valence-electron chi connectivity index (χ4n) is 9.90. The molecule has 0 aromatic carbocycles. The van der Waals surface area contributed by atoms with Crippen LogP contribution in [-0.4, -0.2) is 207 Å². The topological polar surface area (TPSA) is 384 Å². The number of aldehydes is 1. The number of methoxy groups -OCH3 is 2. The van der Waals surface area contributed by atoms with E-state index in [1.54, 1.807) is 47.1 Å². The van der Waals surface area contributed by atoms with Gasteiger partial charge in [-0.15, -0.1) is 32.1 Å². The Morgan fingerprint density at radius 2 is 1.16 bits per heavy atom. The summed E-state index contributed by atoms with van der Waals surface area (Å²) >= 11 is 8.89. The molecule has 7 fully saturated rings. The van der Waals surface area contributed by atoms with Crippen molar-refractivity contribution in [1.29, 1.82) is 0 Å². The molecule has 0 amide bonds. The maximum Gasteiger partial charge on any atom is 1.00 e. The number of unbranched alkanes of at least 4 members (excludes halogenated alkanes) is 2. The van der Waals surface area contributed by atoms with Crippen LogP contribution in [-0.2, 0) is 56.9 Å². The smallest absolute Gasteiger partial charge is 0.857 e. The van der Waals surface area contributed by atoms with Crippen LogP contribution in [0.25, 0.3) is 0 Å². The van der Waals surface area contributed by atoms with Gasteiger partial charge in [0.2, 0.25) is 0 Å². The number of carbonyl (C=O) groups is 1. The van der Waals surface area contributed by atoms with Crippen molar-refractivity contribution in [2.24, 2.45) is 17.8 Å². The van der Waals surface area contributed by atoms with E-state index in [-0.39, 0.29) is 129 Å². The number of rotatable bonds is 17. The average Bonchev–Trinajstić information content (AvgIpc) is 1.69. The molecule has 9 heterocycles. The number of alkyl halides is 2. The van der Waals surface area contributed by atoms with Gasteiger partial charge < -0.3 is 97.6 Å². The van der Waals surface area contributed by atoms with Crippen LogP contribution in [0, 0.1) is 31.6 Å². The number of aliphatic hydroxyl groups is 6. The summed E-state index contributed by atoms with van der Waals surface area (Å²) in [6.07, 6.45) is 18.1. The number of hydrogen-bond donors (Lipinski definition) is 9. The second kappa shape index (κ2) is 60.7. The van der Waals surface area contributed by atoms with Crippen LogP contribution < -0.4 is 57.2 Å². The Morgan fingerprint density at radius 1 is 0.680 bits per heavy atom. The van der Waals surface area contributed by atoms with Crippen molar-refractivity contribution in [3.8, 4) is 0 Å². The van der Waals surface area contributed by atoms with E-state index in [0.717, 1.165) is 96.0 Å². The summed E-state index contributed by atoms with van der Waals surface area (Å²) in [7, 11) is 3.96. The van der Waals surface area contributed by atoms with Crippen LogP contribution in [0.3, 0.4) is 0 Å². The first-order chi connectivity index (χ1) is 45.9. The Hall–Kier alpha value is -2.41. The minimum absolute atomic E-state index is 0. The summed E-state index contributed by atoms with van der Waals surface area (Å²) in [5.74, 6) is 0.814. The Kier molecular flexibility index (Phi) is 64.5. The number of nitrogens with zero attached hydrogens (tertiary/aromatic N) is 1. The minimum atomic E-state index is -0.905. The number of nitrogens with one attached hydrogen (secondary N) is 3. The molecule has 0 saturated carbocycles. The summed E-state index contributed by atoms with van der Waals surface area (Å²) in [4.78, 5) is 60.7. The van der Waals surface area contributed by atoms with E-state index in [4.69, 9.17) is 94.7 Å². The van der Waals surface area contributed by atoms with Gasteiger partial charge in [-0.3, -0.25) is 24.1 Å². The van der Waals surface area contributed by atoms with Crippen molar-refractivity contribution in [3.05, 3.63) is 103 Å². The first kappa shape index (κ1) is 106. The summed E-state index contributed by atoms with van der Waals surface area (Å²) in [5.41, 5.74) is -0.511. The zero-order chi connectivity index (χ0) is 74.4. The minimum Gasteiger partial charge on any atom is -0.857 e. The van der Waals surface area contributed by atoms with E-state index >= 15 is 0 Å². The van der Waals surface area contributed by atoms with E-state index in [2.05, 4.69) is 96.9 Å². The van der Waals surface area contributed by atoms with Crippen LogP contribution >= 0.6 is 39.9 Å². The van der Waals surface area contributed by atoms with Crippen molar-refractivity contribution in [3.63, 3.8) is 0 Å². The van der Waals surface area contributed by atoms with E-state index in [9.17, 15) is 24.0 Å². The first-order valence-corrected chi connectivity index (χ1v) is 34.7. The van der Waals surface area contributed by atoms with Gasteiger partial charge in [0, 0.05) is 68.9 Å². The molecule has 7 aliphatic heterocycles. The van der Waals surface area contributed by atoms with Crippen LogP contribution in [0.4, 0.5) is 0 Å². The zero-order valence-corrected chi connectivity index (χ0v) is 66.7. The molecule has 17 atom stereocenters. The predicted octanol–water partition coefficient (Wildman–Crippen LogP) is 4.66. The quantitative estimate of drug-likeness (QED) is 0.0342. The van der Waals surface area contributed by atoms with Gasteiger partial charge >= 0.3 is 40.9 Å². The van der Waals surface area contributed by atoms with Crippen molar-refractivity contribution >= 4 is 46.2 Å². The third-order valence-corrected chi connectivity index (χ3v) is 16.1. The Bertz CT molecular complexity index is 2580. The number of aromatic amines is 3. The Morgan fingerprint density at radius 3 is 1.50 bits per heavy atom. The van der Waals surface area contributed by atoms with Crippen molar-refractivity contribution in [2.45, 2.75) is 271 Å². The molecule has 4 unspecified atom stereocenters. The molecule has 9 rings (SSSR count). The number of aryl methyl sites for hydroxylation is 2. The second-order valence-corrected chi connectivity index (χ2v) is 25.5. The predicted molar refractivity (Wildman–Crippen MR) is 387 cm³/mol. The van der Waals surface area contributed by atoms with Crippen molar-refractivity contribution < 1.29 is 122 Å². The van der Waals surface area contributed by atoms with Gasteiger partial charge in [0.25, 0.3) is 11.1 Å². The molecule has 9 N–H and O–H groups in total. The monoisotopic (exact) mass is 1550 g/mol. The summed E-state index contributed by atoms with van der Waals surface area (Å²) < 4.78 is 59.1. The molecule has 0 radical (unpaired) electrons. The molecule has 31 heteroatoms. The molecule has 0 spiro atoms. The van der Waals surface area contributed by atoms with E-state index < -0.39 is 47.9 Å². The number of allylic oxidation sites excluding steroid dienone is 3. The number of H-pyrrole nitrogens is 3. The summed E-state index contributed by atoms with van der Waals surface area (Å²) in [6.45, 7) is 35.3. The number of halogens is 3. The maximum absolute atomic E-state index is 11.7. The number of ether oxygens (including phenoxy) is 11. The fraction of sp³-hybridized carbons (Fsp3) is 0.783. The number of aromatic nitrogens is 4. The molecule has 7 saturated heterocycles. The number of hydrogen-bond acceptors (Lipinski definition) is 23. The third kappa shape index (κ3) is 45.2. The zero-order valence-electron chi connectivity index (χ0n) is 61.6. The van der Waals surface area contributed by atoms with Crippen molar-refractivity contribution in [2.75, 3.05) is 59.7 Å². The Balaban J connectivity index is -0.000000337. The van der Waals surface area contributed by atoms with Gasteiger partial charge in [-0.25, -0.2) is 9.59 Å². The van der Waals surface area contributed by atoms with Crippen LogP contribution in [0.1, 0.15) is 177 Å². The van der Waals surface area contributed by atoms with Crippen LogP contribution in [0.2, 0.25) is 0 Å². The van der Waals surface area contributed by atoms with E-state index in [0.29, 0.717) is 60.7 Å². The van der Waals surface area contributed by atoms with Crippen LogP contribution in [0.15, 0.2) is 69.5 Å². The van der Waals surface area contributed by atoms with Gasteiger partial charge in [-0.05, 0) is 124 Å². The maximum atomic E-state index is 11.7. The average molecular weight is 1550 g/mol. The van der Waals surface area contributed by atoms with Gasteiger partial charge in [-0.1, -0.05) is 94.7 Å². The molecule has 100 heavy (non-hydrogen) atoms. The molecule has 2 aromatic rings. The third-order valence-electron chi connectivity index (χ3n) is 15.4. The largest absolute Gasteiger partial charge is 1.00 e. The van der Waals surface area contributed by atoms with Gasteiger partial charge in [0.1, 0.15) is 30.1 Å². The summed E-state index contributed by atoms with van der Waals surface area (Å²) in [6, 6.07) is 0. The van der Waals surface area contributed by atoms with Crippen molar-refractivity contribution in [1.82, 2.24) is 19.5 Å². The number of aliphatic hydroxyl groups excluding tert-OH is 6. The van der Waals surface area contributed by atoms with E-state index in [1.807, 2.05) is 26.0 Å². The summed E-state index contributed by atoms with van der Waals surface area (Å²) in [5, 5.41) is 61.2. The molecule has 2 aromatic heterocycles. The molecule has 0 bridgehead atoms. The second-order valence-electron chi connectivity index (χ2n) is 24.4. The van der Waals surface area contributed by atoms with Gasteiger partial charge in [-0.2, -0.15) is 7.11 Å². The molecular formula is C69H126BrCl2N4NaO23. The fourth-order valence-corrected chi connectivity index (χ4v) is 10.3. The molecule has 582 valence electrons. The first-order valence-electron chi connectivity index (χ1n) is 33.2. The molecule has 0 aliphatic carbocycles. The molecule has 27 nitrogen and oxygen atoms in total. The van der Waals surface area contributed by atoms with E-state index in [1.165, 1.54) is 17.9 Å². The normalized spacial score (nSPS) is 28.7. The SMILES string of the molecule is C.C=CCBr.C=CCCCCO.C=CCC[C@@H]1COC(C)(C)O1.CC1(C)OC[C@@H](C=O)O1.CC[C@@H]1OC(OC)C[C@H]1C.CC[C@@H]1OC(n2cc(C)c(=O)[nH]c2=O)C[C@H]1C.CC[C@@H]1O[C@@H](Cl)C[C@H]1C.COC1C[C@@H](O)[C@H](CO)O1.C[O-].Cc1c[nH]c(=O)[nH]c1=O.Cl.OC[C@@H]1OC(O)C[C@H]1O.[Na+]. The number of carbonyl (C=O) groups excluding carboxylic acids is 1.